The van der Waals surface area contributed by atoms with Gasteiger partial charge in [-0.25, -0.2) is 0 Å². The third-order valence-corrected chi connectivity index (χ3v) is 6.72. The van der Waals surface area contributed by atoms with Crippen molar-refractivity contribution in [3.8, 4) is 11.1 Å². The highest BCUT2D eigenvalue weighted by Gasteiger charge is 2.20. The molecule has 2 N–H and O–H groups in total. The molecule has 0 spiro atoms. The second kappa shape index (κ2) is 10.7. The Bertz CT molecular complexity index is 882. The molecule has 0 bridgehead atoms. The standard InChI is InChI=1S/C28H37NO/c1-4-20(2)25-9-5-6-10-27(25)24-14-15-26(21(3)18-24)28(30)16-13-23-12-11-22(19-23)8-7-17-29/h5-6,9-12,14-15,18,20,22-23H,4,7-8,13,16-17,19,29H2,1-3H3. The summed E-state index contributed by atoms with van der Waals surface area (Å²) >= 11 is 0. The summed E-state index contributed by atoms with van der Waals surface area (Å²) in [5.74, 6) is 1.99. The van der Waals surface area contributed by atoms with Gasteiger partial charge in [-0.1, -0.05) is 68.5 Å². The highest BCUT2D eigenvalue weighted by molar-refractivity contribution is 5.98. The van der Waals surface area contributed by atoms with Crippen LogP contribution in [0.25, 0.3) is 11.1 Å². The van der Waals surface area contributed by atoms with E-state index in [1.165, 1.54) is 29.5 Å². The fourth-order valence-corrected chi connectivity index (χ4v) is 4.67. The van der Waals surface area contributed by atoms with Crippen LogP contribution in [0, 0.1) is 18.8 Å². The molecule has 0 aromatic heterocycles. The van der Waals surface area contributed by atoms with Crippen LogP contribution in [-0.4, -0.2) is 12.3 Å². The van der Waals surface area contributed by atoms with Crippen molar-refractivity contribution in [3.63, 3.8) is 0 Å². The van der Waals surface area contributed by atoms with E-state index in [2.05, 4.69) is 69.3 Å². The van der Waals surface area contributed by atoms with E-state index < -0.39 is 0 Å². The SMILES string of the molecule is CCC(C)c1ccccc1-c1ccc(C(=O)CCC2C=CC(CCCN)C2)c(C)c1. The van der Waals surface area contributed by atoms with Crippen LogP contribution in [0.4, 0.5) is 0 Å². The fraction of sp³-hybridized carbons (Fsp3) is 0.464. The van der Waals surface area contributed by atoms with E-state index in [-0.39, 0.29) is 5.78 Å². The number of carbonyl (C=O) groups excluding carboxylic acids is 1. The highest BCUT2D eigenvalue weighted by atomic mass is 16.1. The van der Waals surface area contributed by atoms with E-state index >= 15 is 0 Å². The maximum Gasteiger partial charge on any atom is 0.163 e. The summed E-state index contributed by atoms with van der Waals surface area (Å²) in [6, 6.07) is 15.0. The van der Waals surface area contributed by atoms with Crippen molar-refractivity contribution in [1.29, 1.82) is 0 Å². The maximum atomic E-state index is 12.9. The number of ketones is 1. The van der Waals surface area contributed by atoms with Crippen molar-refractivity contribution >= 4 is 5.78 Å². The van der Waals surface area contributed by atoms with E-state index in [9.17, 15) is 4.79 Å². The molecule has 3 rings (SSSR count). The first kappa shape index (κ1) is 22.5. The largest absolute Gasteiger partial charge is 0.330 e. The Kier molecular flexibility index (Phi) is 8.04. The van der Waals surface area contributed by atoms with Gasteiger partial charge in [-0.05, 0) is 85.6 Å². The van der Waals surface area contributed by atoms with Gasteiger partial charge in [0.15, 0.2) is 5.78 Å². The molecular formula is C28H37NO. The van der Waals surface area contributed by atoms with Crippen LogP contribution in [0.15, 0.2) is 54.6 Å². The minimum Gasteiger partial charge on any atom is -0.330 e. The van der Waals surface area contributed by atoms with Gasteiger partial charge in [-0.2, -0.15) is 0 Å². The molecule has 2 aromatic carbocycles. The van der Waals surface area contributed by atoms with Crippen molar-refractivity contribution in [2.75, 3.05) is 6.54 Å². The fourth-order valence-electron chi connectivity index (χ4n) is 4.67. The van der Waals surface area contributed by atoms with Crippen LogP contribution in [0.5, 0.6) is 0 Å². The molecule has 1 aliphatic rings. The zero-order valence-corrected chi connectivity index (χ0v) is 18.9. The maximum absolute atomic E-state index is 12.9. The van der Waals surface area contributed by atoms with Gasteiger partial charge >= 0.3 is 0 Å². The predicted octanol–water partition coefficient (Wildman–Crippen LogP) is 7.07. The van der Waals surface area contributed by atoms with Crippen molar-refractivity contribution in [3.05, 3.63) is 71.3 Å². The average molecular weight is 404 g/mol. The lowest BCUT2D eigenvalue weighted by molar-refractivity contribution is 0.0975. The smallest absolute Gasteiger partial charge is 0.163 e. The molecule has 0 radical (unpaired) electrons. The lowest BCUT2D eigenvalue weighted by Crippen LogP contribution is -2.07. The summed E-state index contributed by atoms with van der Waals surface area (Å²) in [5, 5.41) is 0. The minimum atomic E-state index is 0.271. The first-order chi connectivity index (χ1) is 14.5. The van der Waals surface area contributed by atoms with Crippen molar-refractivity contribution in [2.24, 2.45) is 17.6 Å². The molecule has 3 atom stereocenters. The monoisotopic (exact) mass is 403 g/mol. The second-order valence-corrected chi connectivity index (χ2v) is 8.96. The first-order valence-electron chi connectivity index (χ1n) is 11.6. The minimum absolute atomic E-state index is 0.271. The zero-order chi connectivity index (χ0) is 21.5. The molecule has 0 fully saturated rings. The molecule has 3 unspecified atom stereocenters. The summed E-state index contributed by atoms with van der Waals surface area (Å²) in [6.45, 7) is 7.35. The lowest BCUT2D eigenvalue weighted by Gasteiger charge is -2.16. The third kappa shape index (κ3) is 5.49. The topological polar surface area (TPSA) is 43.1 Å². The van der Waals surface area contributed by atoms with Crippen LogP contribution >= 0.6 is 0 Å². The molecule has 30 heavy (non-hydrogen) atoms. The van der Waals surface area contributed by atoms with Crippen LogP contribution in [-0.2, 0) is 0 Å². The van der Waals surface area contributed by atoms with Gasteiger partial charge in [0.1, 0.15) is 0 Å². The second-order valence-electron chi connectivity index (χ2n) is 8.96. The van der Waals surface area contributed by atoms with E-state index in [4.69, 9.17) is 5.73 Å². The van der Waals surface area contributed by atoms with Crippen molar-refractivity contribution in [2.45, 2.75) is 65.2 Å². The lowest BCUT2D eigenvalue weighted by atomic mass is 9.88. The third-order valence-electron chi connectivity index (χ3n) is 6.72. The first-order valence-corrected chi connectivity index (χ1v) is 11.6. The molecule has 2 aromatic rings. The molecular weight excluding hydrogens is 366 g/mol. The number of carbonyl (C=O) groups is 1. The van der Waals surface area contributed by atoms with E-state index in [0.29, 0.717) is 24.2 Å². The Morgan fingerprint density at radius 3 is 2.53 bits per heavy atom. The number of aryl methyl sites for hydroxylation is 1. The average Bonchev–Trinajstić information content (AvgIpc) is 3.23. The molecule has 0 saturated heterocycles. The Labute approximate surface area is 182 Å². The number of allylic oxidation sites excluding steroid dienone is 2. The number of nitrogens with two attached hydrogens (primary N) is 1. The molecule has 0 aliphatic heterocycles. The Morgan fingerprint density at radius 1 is 1.10 bits per heavy atom. The summed E-state index contributed by atoms with van der Waals surface area (Å²) < 4.78 is 0. The van der Waals surface area contributed by atoms with Crippen LogP contribution in [0.3, 0.4) is 0 Å². The van der Waals surface area contributed by atoms with Gasteiger partial charge in [-0.3, -0.25) is 4.79 Å². The number of hydrogen-bond donors (Lipinski definition) is 1. The van der Waals surface area contributed by atoms with Gasteiger partial charge in [0.25, 0.3) is 0 Å². The molecule has 2 nitrogen and oxygen atoms in total. The Hall–Kier alpha value is -2.19. The highest BCUT2D eigenvalue weighted by Crippen LogP contribution is 2.33. The van der Waals surface area contributed by atoms with Gasteiger partial charge in [0.2, 0.25) is 0 Å². The molecule has 0 amide bonds. The normalized spacial score (nSPS) is 19.2. The summed E-state index contributed by atoms with van der Waals surface area (Å²) in [7, 11) is 0. The van der Waals surface area contributed by atoms with Gasteiger partial charge < -0.3 is 5.73 Å². The molecule has 2 heteroatoms. The summed E-state index contributed by atoms with van der Waals surface area (Å²) in [5.41, 5.74) is 11.5. The molecule has 0 heterocycles. The molecule has 1 aliphatic carbocycles. The van der Waals surface area contributed by atoms with E-state index in [1.54, 1.807) is 0 Å². The summed E-state index contributed by atoms with van der Waals surface area (Å²) in [6.07, 6.45) is 10.8. The number of rotatable bonds is 10. The number of hydrogen-bond acceptors (Lipinski definition) is 2. The van der Waals surface area contributed by atoms with Gasteiger partial charge in [0.05, 0.1) is 0 Å². The van der Waals surface area contributed by atoms with E-state index in [1.807, 2.05) is 6.07 Å². The number of Topliss-reactive ketones (excluding diaryl/α,β-unsaturated/α-hetero) is 1. The molecule has 160 valence electrons. The zero-order valence-electron chi connectivity index (χ0n) is 18.9. The van der Waals surface area contributed by atoms with Gasteiger partial charge in [-0.15, -0.1) is 0 Å². The number of benzene rings is 2. The predicted molar refractivity (Wildman–Crippen MR) is 128 cm³/mol. The summed E-state index contributed by atoms with van der Waals surface area (Å²) in [4.78, 5) is 12.9. The Morgan fingerprint density at radius 2 is 1.83 bits per heavy atom. The van der Waals surface area contributed by atoms with Crippen LogP contribution < -0.4 is 5.73 Å². The molecule has 0 saturated carbocycles. The van der Waals surface area contributed by atoms with Gasteiger partial charge in [0, 0.05) is 12.0 Å². The van der Waals surface area contributed by atoms with E-state index in [0.717, 1.165) is 36.9 Å². The Balaban J connectivity index is 1.65. The quantitative estimate of drug-likeness (QED) is 0.340. The van der Waals surface area contributed by atoms with Crippen molar-refractivity contribution < 1.29 is 4.79 Å². The van der Waals surface area contributed by atoms with Crippen LogP contribution in [0.1, 0.15) is 79.8 Å². The van der Waals surface area contributed by atoms with Crippen LogP contribution in [0.2, 0.25) is 0 Å². The van der Waals surface area contributed by atoms with Crippen molar-refractivity contribution in [1.82, 2.24) is 0 Å².